The number of fused-ring (bicyclic) bond motifs is 2. The molecule has 0 aromatic rings. The third-order valence-electron chi connectivity index (χ3n) is 2.55. The molecule has 0 aliphatic carbocycles. The summed E-state index contributed by atoms with van der Waals surface area (Å²) in [4.78, 5) is 0. The van der Waals surface area contributed by atoms with Gasteiger partial charge in [0.05, 0.1) is 0 Å². The molecular formula is C8H13P. The van der Waals surface area contributed by atoms with Crippen LogP contribution in [0.2, 0.25) is 0 Å². The minimum atomic E-state index is 0.620. The first-order valence-corrected chi connectivity index (χ1v) is 4.62. The maximum Gasteiger partial charge on any atom is 0.00362 e. The van der Waals surface area contributed by atoms with Gasteiger partial charge in [-0.2, -0.15) is 0 Å². The highest BCUT2D eigenvalue weighted by Gasteiger charge is 2.44. The van der Waals surface area contributed by atoms with Crippen molar-refractivity contribution in [3.63, 3.8) is 0 Å². The van der Waals surface area contributed by atoms with Gasteiger partial charge in [-0.15, -0.1) is 8.58 Å². The molecule has 0 N–H and O–H groups in total. The van der Waals surface area contributed by atoms with E-state index in [0.717, 1.165) is 8.58 Å². The highest BCUT2D eigenvalue weighted by molar-refractivity contribution is 7.43. The van der Waals surface area contributed by atoms with Gasteiger partial charge in [0, 0.05) is 10.3 Å². The van der Waals surface area contributed by atoms with E-state index in [4.69, 9.17) is 0 Å². The summed E-state index contributed by atoms with van der Waals surface area (Å²) < 4.78 is 0. The fourth-order valence-electron chi connectivity index (χ4n) is 1.91. The second-order valence-corrected chi connectivity index (χ2v) is 6.33. The van der Waals surface area contributed by atoms with Crippen LogP contribution in [-0.4, -0.2) is 10.3 Å². The Labute approximate surface area is 58.5 Å². The fourth-order valence-corrected chi connectivity index (χ4v) is 4.05. The maximum atomic E-state index is 2.43. The summed E-state index contributed by atoms with van der Waals surface area (Å²) in [6.45, 7) is 4.78. The van der Waals surface area contributed by atoms with Crippen LogP contribution in [0.1, 0.15) is 26.7 Å². The molecule has 2 rings (SSSR count). The van der Waals surface area contributed by atoms with Gasteiger partial charge in [-0.05, 0) is 12.8 Å². The molecule has 2 unspecified atom stereocenters. The topological polar surface area (TPSA) is 0 Å². The first-order chi connectivity index (χ1) is 4.12. The van der Waals surface area contributed by atoms with Gasteiger partial charge >= 0.3 is 0 Å². The first kappa shape index (κ1) is 5.92. The van der Waals surface area contributed by atoms with Crippen molar-refractivity contribution in [2.24, 2.45) is 0 Å². The molecule has 2 bridgehead atoms. The van der Waals surface area contributed by atoms with Crippen LogP contribution in [0.3, 0.4) is 0 Å². The molecule has 0 spiro atoms. The third-order valence-corrected chi connectivity index (χ3v) is 4.53. The van der Waals surface area contributed by atoms with Gasteiger partial charge in [0.2, 0.25) is 0 Å². The van der Waals surface area contributed by atoms with Crippen LogP contribution in [-0.2, 0) is 0 Å². The molecule has 50 valence electrons. The van der Waals surface area contributed by atoms with Crippen LogP contribution in [0.15, 0.2) is 12.2 Å². The summed E-state index contributed by atoms with van der Waals surface area (Å²) in [7, 11) is 1.16. The van der Waals surface area contributed by atoms with Crippen molar-refractivity contribution in [1.82, 2.24) is 0 Å². The number of allylic oxidation sites excluding steroid dienone is 2. The molecule has 0 aromatic heterocycles. The Morgan fingerprint density at radius 2 is 1.56 bits per heavy atom. The smallest absolute Gasteiger partial charge is 0.00362 e. The summed E-state index contributed by atoms with van der Waals surface area (Å²) in [5.41, 5.74) is 0. The molecule has 1 saturated heterocycles. The minimum Gasteiger partial charge on any atom is -0.102 e. The van der Waals surface area contributed by atoms with Gasteiger partial charge in [0.25, 0.3) is 0 Å². The number of rotatable bonds is 0. The van der Waals surface area contributed by atoms with Crippen LogP contribution in [0.25, 0.3) is 0 Å². The van der Waals surface area contributed by atoms with Gasteiger partial charge < -0.3 is 0 Å². The molecule has 2 aliphatic rings. The fraction of sp³-hybridized carbons (Fsp3) is 0.750. The van der Waals surface area contributed by atoms with E-state index in [1.54, 1.807) is 0 Å². The van der Waals surface area contributed by atoms with Crippen molar-refractivity contribution in [3.8, 4) is 0 Å². The van der Waals surface area contributed by atoms with Gasteiger partial charge in [0.1, 0.15) is 0 Å². The van der Waals surface area contributed by atoms with E-state index >= 15 is 0 Å². The molecule has 2 heterocycles. The van der Waals surface area contributed by atoms with E-state index in [9.17, 15) is 0 Å². The van der Waals surface area contributed by atoms with E-state index in [-0.39, 0.29) is 0 Å². The lowest BCUT2D eigenvalue weighted by Gasteiger charge is -2.14. The van der Waals surface area contributed by atoms with E-state index < -0.39 is 0 Å². The predicted molar refractivity (Wildman–Crippen MR) is 43.5 cm³/mol. The van der Waals surface area contributed by atoms with Crippen LogP contribution in [0.4, 0.5) is 0 Å². The van der Waals surface area contributed by atoms with Crippen molar-refractivity contribution < 1.29 is 0 Å². The molecule has 0 radical (unpaired) electrons. The molecule has 9 heavy (non-hydrogen) atoms. The predicted octanol–water partition coefficient (Wildman–Crippen LogP) is 2.55. The van der Waals surface area contributed by atoms with Crippen molar-refractivity contribution in [2.45, 2.75) is 37.0 Å². The van der Waals surface area contributed by atoms with Crippen molar-refractivity contribution >= 4 is 8.58 Å². The lowest BCUT2D eigenvalue weighted by Crippen LogP contribution is -2.10. The molecule has 2 atom stereocenters. The summed E-state index contributed by atoms with van der Waals surface area (Å²) in [5.74, 6) is 0. The average molecular weight is 140 g/mol. The number of hydrogen-bond acceptors (Lipinski definition) is 0. The molecule has 1 heteroatoms. The van der Waals surface area contributed by atoms with Gasteiger partial charge in [-0.1, -0.05) is 26.0 Å². The molecule has 0 amide bonds. The standard InChI is InChI=1S/C8H13P/c1-7-3-5-8(2,9-7)6-4-7/h3,5,9H,4,6H2,1-2H3. The Bertz CT molecular complexity index is 155. The second-order valence-electron chi connectivity index (χ2n) is 3.79. The monoisotopic (exact) mass is 140 g/mol. The maximum absolute atomic E-state index is 2.43. The Hall–Kier alpha value is 0.170. The summed E-state index contributed by atoms with van der Waals surface area (Å²) >= 11 is 0. The summed E-state index contributed by atoms with van der Waals surface area (Å²) in [5, 5.41) is 1.24. The first-order valence-electron chi connectivity index (χ1n) is 3.62. The molecule has 0 saturated carbocycles. The Balaban J connectivity index is 2.37. The van der Waals surface area contributed by atoms with E-state index in [1.807, 2.05) is 0 Å². The van der Waals surface area contributed by atoms with Crippen molar-refractivity contribution in [2.75, 3.05) is 0 Å². The van der Waals surface area contributed by atoms with Gasteiger partial charge in [-0.3, -0.25) is 0 Å². The largest absolute Gasteiger partial charge is 0.102 e. The van der Waals surface area contributed by atoms with E-state index in [0.29, 0.717) is 10.3 Å². The molecule has 0 nitrogen and oxygen atoms in total. The zero-order valence-corrected chi connectivity index (χ0v) is 7.07. The molecule has 0 aromatic carbocycles. The molecular weight excluding hydrogens is 127 g/mol. The average Bonchev–Trinajstić information content (AvgIpc) is 2.19. The highest BCUT2D eigenvalue weighted by atomic mass is 31.1. The quantitative estimate of drug-likeness (QED) is 0.358. The lowest BCUT2D eigenvalue weighted by atomic mass is 9.91. The van der Waals surface area contributed by atoms with Crippen LogP contribution < -0.4 is 0 Å². The Morgan fingerprint density at radius 3 is 1.67 bits per heavy atom. The van der Waals surface area contributed by atoms with Crippen LogP contribution >= 0.6 is 8.58 Å². The Morgan fingerprint density at radius 1 is 1.11 bits per heavy atom. The third kappa shape index (κ3) is 0.765. The van der Waals surface area contributed by atoms with Crippen molar-refractivity contribution in [1.29, 1.82) is 0 Å². The Kier molecular flexibility index (Phi) is 0.937. The normalized spacial score (nSPS) is 57.6. The minimum absolute atomic E-state index is 0.620. The molecule has 2 aliphatic heterocycles. The van der Waals surface area contributed by atoms with E-state index in [2.05, 4.69) is 26.0 Å². The van der Waals surface area contributed by atoms with Crippen molar-refractivity contribution in [3.05, 3.63) is 12.2 Å². The lowest BCUT2D eigenvalue weighted by molar-refractivity contribution is 0.617. The number of hydrogen-bond donors (Lipinski definition) is 0. The SMILES string of the molecule is CC12C=CC(C)(CC1)P2. The summed E-state index contributed by atoms with van der Waals surface area (Å²) in [6, 6.07) is 0. The van der Waals surface area contributed by atoms with Gasteiger partial charge in [0.15, 0.2) is 0 Å². The zero-order chi connectivity index (χ0) is 6.54. The van der Waals surface area contributed by atoms with Crippen LogP contribution in [0.5, 0.6) is 0 Å². The summed E-state index contributed by atoms with van der Waals surface area (Å²) in [6.07, 6.45) is 7.71. The zero-order valence-electron chi connectivity index (χ0n) is 6.07. The highest BCUT2D eigenvalue weighted by Crippen LogP contribution is 2.61. The van der Waals surface area contributed by atoms with Crippen LogP contribution in [0, 0.1) is 0 Å². The molecule has 1 fully saturated rings. The second kappa shape index (κ2) is 1.42. The van der Waals surface area contributed by atoms with E-state index in [1.165, 1.54) is 12.8 Å². The van der Waals surface area contributed by atoms with Gasteiger partial charge in [-0.25, -0.2) is 0 Å².